The lowest BCUT2D eigenvalue weighted by molar-refractivity contribution is 0.313. The molecule has 2 aromatic rings. The van der Waals surface area contributed by atoms with Crippen molar-refractivity contribution in [3.63, 3.8) is 0 Å². The van der Waals surface area contributed by atoms with Gasteiger partial charge in [0.1, 0.15) is 11.6 Å². The number of aromatic nitrogens is 2. The minimum atomic E-state index is -0.145. The lowest BCUT2D eigenvalue weighted by Crippen LogP contribution is -2.26. The molecule has 5 nitrogen and oxygen atoms in total. The Morgan fingerprint density at radius 3 is 3.06 bits per heavy atom. The second kappa shape index (κ2) is 4.18. The van der Waals surface area contributed by atoms with Crippen LogP contribution in [0, 0.1) is 0 Å². The number of nitrogens with two attached hydrogens (primary N) is 1. The number of benzene rings is 1. The Morgan fingerprint density at radius 1 is 1.33 bits per heavy atom. The van der Waals surface area contributed by atoms with Crippen LogP contribution in [0.5, 0.6) is 5.75 Å². The molecular formula is C13H13N3O2. The zero-order valence-corrected chi connectivity index (χ0v) is 9.74. The summed E-state index contributed by atoms with van der Waals surface area (Å²) in [6.45, 7) is 1.06. The molecule has 5 heteroatoms. The predicted octanol–water partition coefficient (Wildman–Crippen LogP) is 1.00. The van der Waals surface area contributed by atoms with E-state index in [9.17, 15) is 4.79 Å². The summed E-state index contributed by atoms with van der Waals surface area (Å²) in [7, 11) is 0. The van der Waals surface area contributed by atoms with Crippen LogP contribution in [0.15, 0.2) is 41.2 Å². The quantitative estimate of drug-likeness (QED) is 0.854. The van der Waals surface area contributed by atoms with Gasteiger partial charge in [-0.15, -0.1) is 0 Å². The van der Waals surface area contributed by atoms with Crippen LogP contribution in [0.25, 0.3) is 0 Å². The van der Waals surface area contributed by atoms with Gasteiger partial charge in [0.2, 0.25) is 0 Å². The van der Waals surface area contributed by atoms with Gasteiger partial charge in [0, 0.05) is 17.5 Å². The van der Waals surface area contributed by atoms with Crippen molar-refractivity contribution in [3.8, 4) is 5.75 Å². The highest BCUT2D eigenvalue weighted by molar-refractivity contribution is 5.39. The van der Waals surface area contributed by atoms with E-state index in [4.69, 9.17) is 10.5 Å². The van der Waals surface area contributed by atoms with Gasteiger partial charge in [0.25, 0.3) is 5.56 Å². The van der Waals surface area contributed by atoms with Crippen molar-refractivity contribution in [2.75, 3.05) is 12.3 Å². The second-order valence-electron chi connectivity index (χ2n) is 4.32. The third kappa shape index (κ3) is 1.84. The molecule has 2 N–H and O–H groups in total. The molecule has 1 atom stereocenters. The molecule has 0 radical (unpaired) electrons. The van der Waals surface area contributed by atoms with Crippen LogP contribution < -0.4 is 16.0 Å². The van der Waals surface area contributed by atoms with E-state index >= 15 is 0 Å². The van der Waals surface area contributed by atoms with E-state index < -0.39 is 0 Å². The summed E-state index contributed by atoms with van der Waals surface area (Å²) >= 11 is 0. The van der Waals surface area contributed by atoms with E-state index in [1.54, 1.807) is 0 Å². The van der Waals surface area contributed by atoms with E-state index in [2.05, 4.69) is 5.10 Å². The lowest BCUT2D eigenvalue weighted by atomic mass is 10.0. The molecule has 0 fully saturated rings. The second-order valence-corrected chi connectivity index (χ2v) is 4.32. The molecule has 92 valence electrons. The molecule has 1 aliphatic heterocycles. The number of hydrogen-bond donors (Lipinski definition) is 1. The summed E-state index contributed by atoms with van der Waals surface area (Å²) < 4.78 is 6.97. The van der Waals surface area contributed by atoms with Gasteiger partial charge in [-0.25, -0.2) is 4.68 Å². The van der Waals surface area contributed by atoms with Crippen LogP contribution in [-0.4, -0.2) is 16.4 Å². The van der Waals surface area contributed by atoms with Crippen molar-refractivity contribution < 1.29 is 4.74 Å². The molecule has 0 spiro atoms. The van der Waals surface area contributed by atoms with Crippen LogP contribution in [0.2, 0.25) is 0 Å². The van der Waals surface area contributed by atoms with Gasteiger partial charge in [0.05, 0.1) is 13.2 Å². The molecular weight excluding hydrogens is 230 g/mol. The fourth-order valence-corrected chi connectivity index (χ4v) is 2.18. The molecule has 0 bridgehead atoms. The first-order valence-corrected chi connectivity index (χ1v) is 5.79. The molecule has 0 saturated carbocycles. The monoisotopic (exact) mass is 243 g/mol. The summed E-state index contributed by atoms with van der Waals surface area (Å²) in [5, 5.41) is 4.04. The maximum Gasteiger partial charge on any atom is 0.266 e. The number of anilines is 1. The highest BCUT2D eigenvalue weighted by atomic mass is 16.5. The maximum atomic E-state index is 11.7. The third-order valence-electron chi connectivity index (χ3n) is 3.08. The fraction of sp³-hybridized carbons (Fsp3) is 0.231. The Morgan fingerprint density at radius 2 is 2.17 bits per heavy atom. The van der Waals surface area contributed by atoms with Gasteiger partial charge in [-0.1, -0.05) is 18.2 Å². The Bertz CT molecular complexity index is 636. The molecule has 1 unspecified atom stereocenters. The number of ether oxygens (including phenoxy) is 1. The molecule has 0 amide bonds. The van der Waals surface area contributed by atoms with Crippen LogP contribution in [0.4, 0.5) is 5.82 Å². The van der Waals surface area contributed by atoms with E-state index in [0.717, 1.165) is 11.3 Å². The van der Waals surface area contributed by atoms with Crippen LogP contribution in [0.1, 0.15) is 11.5 Å². The Balaban J connectivity index is 1.91. The number of nitrogens with zero attached hydrogens (tertiary/aromatic N) is 2. The largest absolute Gasteiger partial charge is 0.493 e. The van der Waals surface area contributed by atoms with E-state index in [1.807, 2.05) is 24.3 Å². The van der Waals surface area contributed by atoms with Crippen molar-refractivity contribution in [3.05, 3.63) is 52.3 Å². The Kier molecular flexibility index (Phi) is 2.51. The first-order valence-electron chi connectivity index (χ1n) is 5.79. The van der Waals surface area contributed by atoms with Crippen molar-refractivity contribution in [1.82, 2.24) is 9.78 Å². The van der Waals surface area contributed by atoms with Crippen molar-refractivity contribution in [1.29, 1.82) is 0 Å². The zero-order chi connectivity index (χ0) is 12.5. The van der Waals surface area contributed by atoms with E-state index in [1.165, 1.54) is 16.8 Å². The Labute approximate surface area is 104 Å². The first kappa shape index (κ1) is 10.8. The summed E-state index contributed by atoms with van der Waals surface area (Å²) in [4.78, 5) is 11.7. The molecule has 0 saturated heterocycles. The van der Waals surface area contributed by atoms with Crippen LogP contribution in [-0.2, 0) is 6.54 Å². The molecule has 1 aliphatic rings. The fourth-order valence-electron chi connectivity index (χ4n) is 2.18. The molecule has 1 aromatic heterocycles. The minimum absolute atomic E-state index is 0.145. The average molecular weight is 243 g/mol. The highest BCUT2D eigenvalue weighted by Gasteiger charge is 2.24. The van der Waals surface area contributed by atoms with Gasteiger partial charge in [-0.05, 0) is 12.1 Å². The van der Waals surface area contributed by atoms with Crippen molar-refractivity contribution in [2.45, 2.75) is 12.5 Å². The minimum Gasteiger partial charge on any atom is -0.493 e. The number of para-hydroxylation sites is 1. The number of rotatable bonds is 2. The standard InChI is InChI=1S/C13H13N3O2/c14-12-5-6-13(17)16(15-12)7-9-8-18-11-4-2-1-3-10(9)11/h1-6,9H,7-8H2,(H2,14,15). The van der Waals surface area contributed by atoms with Gasteiger partial charge >= 0.3 is 0 Å². The summed E-state index contributed by atoms with van der Waals surface area (Å²) in [6.07, 6.45) is 0. The molecule has 3 rings (SSSR count). The van der Waals surface area contributed by atoms with E-state index in [0.29, 0.717) is 19.0 Å². The van der Waals surface area contributed by atoms with Gasteiger partial charge in [-0.2, -0.15) is 5.10 Å². The van der Waals surface area contributed by atoms with Crippen molar-refractivity contribution in [2.24, 2.45) is 0 Å². The van der Waals surface area contributed by atoms with E-state index in [-0.39, 0.29) is 11.5 Å². The number of fused-ring (bicyclic) bond motifs is 1. The molecule has 2 heterocycles. The topological polar surface area (TPSA) is 70.1 Å². The first-order chi connectivity index (χ1) is 8.74. The maximum absolute atomic E-state index is 11.7. The zero-order valence-electron chi connectivity index (χ0n) is 9.74. The summed E-state index contributed by atoms with van der Waals surface area (Å²) in [5.74, 6) is 1.38. The van der Waals surface area contributed by atoms with Gasteiger partial charge in [0.15, 0.2) is 0 Å². The molecule has 0 aliphatic carbocycles. The SMILES string of the molecule is Nc1ccc(=O)n(CC2COc3ccccc32)n1. The lowest BCUT2D eigenvalue weighted by Gasteiger charge is -2.10. The number of nitrogen functional groups attached to an aromatic ring is 1. The van der Waals surface area contributed by atoms with Gasteiger partial charge < -0.3 is 10.5 Å². The summed E-state index contributed by atoms with van der Waals surface area (Å²) in [6, 6.07) is 10.8. The molecule has 1 aromatic carbocycles. The summed E-state index contributed by atoms with van der Waals surface area (Å²) in [5.41, 5.74) is 6.57. The Hall–Kier alpha value is -2.30. The number of hydrogen-bond acceptors (Lipinski definition) is 4. The highest BCUT2D eigenvalue weighted by Crippen LogP contribution is 2.33. The van der Waals surface area contributed by atoms with Crippen LogP contribution >= 0.6 is 0 Å². The van der Waals surface area contributed by atoms with Gasteiger partial charge in [-0.3, -0.25) is 4.79 Å². The predicted molar refractivity (Wildman–Crippen MR) is 67.6 cm³/mol. The normalized spacial score (nSPS) is 17.2. The third-order valence-corrected chi connectivity index (χ3v) is 3.08. The molecule has 18 heavy (non-hydrogen) atoms. The smallest absolute Gasteiger partial charge is 0.266 e. The van der Waals surface area contributed by atoms with Crippen LogP contribution in [0.3, 0.4) is 0 Å². The average Bonchev–Trinajstić information content (AvgIpc) is 2.78. The van der Waals surface area contributed by atoms with Crippen molar-refractivity contribution >= 4 is 5.82 Å².